The van der Waals surface area contributed by atoms with Crippen LogP contribution in [0, 0.1) is 12.8 Å². The van der Waals surface area contributed by atoms with Gasteiger partial charge in [0.1, 0.15) is 22.1 Å². The van der Waals surface area contributed by atoms with E-state index in [1.165, 1.54) is 0 Å². The van der Waals surface area contributed by atoms with E-state index in [9.17, 15) is 14.7 Å². The molecule has 2 fully saturated rings. The van der Waals surface area contributed by atoms with Crippen LogP contribution in [0.1, 0.15) is 45.6 Å². The molecule has 11 nitrogen and oxygen atoms in total. The van der Waals surface area contributed by atoms with Gasteiger partial charge in [-0.1, -0.05) is 41.5 Å². The number of nitrogens with one attached hydrogen (secondary N) is 1. The number of aromatic amines is 1. The minimum atomic E-state index is -1.07. The maximum absolute atomic E-state index is 13.0. The number of aryl methyl sites for hydroxylation is 1. The normalized spacial score (nSPS) is 20.0. The van der Waals surface area contributed by atoms with Crippen molar-refractivity contribution < 1.29 is 19.4 Å². The van der Waals surface area contributed by atoms with Gasteiger partial charge < -0.3 is 29.5 Å². The van der Waals surface area contributed by atoms with Crippen molar-refractivity contribution in [3.05, 3.63) is 38.6 Å². The van der Waals surface area contributed by atoms with Gasteiger partial charge in [0.05, 0.1) is 16.1 Å². The minimum Gasteiger partial charge on any atom is -0.477 e. The number of nitrogens with zero attached hydrogens (tertiary/aromatic N) is 6. The number of rotatable bonds is 9. The Morgan fingerprint density at radius 1 is 1.15 bits per heavy atom. The number of thiazole rings is 1. The number of piperidine rings is 1. The third-order valence-electron chi connectivity index (χ3n) is 7.86. The molecular weight excluding hydrogens is 589 g/mol. The number of ether oxygens (including phenoxy) is 1. The Kier molecular flexibility index (Phi) is 9.15. The number of methoxy groups -OCH3 is 1. The van der Waals surface area contributed by atoms with Crippen LogP contribution in [0.25, 0.3) is 11.5 Å². The summed E-state index contributed by atoms with van der Waals surface area (Å²) in [5.74, 6) is -0.187. The molecule has 2 aliphatic heterocycles. The summed E-state index contributed by atoms with van der Waals surface area (Å²) in [6, 6.07) is 1.85. The average molecular weight is 623 g/mol. The van der Waals surface area contributed by atoms with Crippen molar-refractivity contribution in [2.45, 2.75) is 32.8 Å². The van der Waals surface area contributed by atoms with E-state index < -0.39 is 5.97 Å². The van der Waals surface area contributed by atoms with Crippen LogP contribution in [0.15, 0.2) is 12.3 Å². The fraction of sp³-hybridized carbons (Fsp3) is 0.519. The highest BCUT2D eigenvalue weighted by atomic mass is 35.5. The zero-order chi connectivity index (χ0) is 29.3. The first kappa shape index (κ1) is 29.7. The number of halogens is 2. The van der Waals surface area contributed by atoms with Crippen molar-refractivity contribution in [2.75, 3.05) is 62.7 Å². The van der Waals surface area contributed by atoms with Gasteiger partial charge >= 0.3 is 5.97 Å². The minimum absolute atomic E-state index is 0.0474. The van der Waals surface area contributed by atoms with E-state index in [4.69, 9.17) is 37.9 Å². The molecule has 5 heterocycles. The smallest absolute Gasteiger partial charge is 0.348 e. The number of Topliss-reactive ketones (excluding diaryl/α,β-unsaturated/α-hetero) is 1. The van der Waals surface area contributed by atoms with E-state index in [2.05, 4.69) is 26.7 Å². The number of carboxylic acids is 1. The molecule has 220 valence electrons. The molecule has 2 saturated heterocycles. The standard InChI is InChI=1S/C27H33Cl2N7O4S/c1-4-34-9-11-35(12-10-34)19-5-7-30-25(32-19)23-24(26(38)39)41-27(33-23)36-8-6-16(18(14-36)40-3)13-17(37)22-21(29)20(28)15(2)31-22/h5,7,16,18,31H,4,6,8-14H2,1-3H3,(H,38,39)/t16-,18-/m0/s1. The van der Waals surface area contributed by atoms with Crippen LogP contribution in [0.5, 0.6) is 0 Å². The number of hydrogen-bond acceptors (Lipinski definition) is 10. The lowest BCUT2D eigenvalue weighted by Gasteiger charge is -2.37. The average Bonchev–Trinajstić information content (AvgIpc) is 3.55. The molecule has 0 saturated carbocycles. The Labute approximate surface area is 252 Å². The van der Waals surface area contributed by atoms with Crippen molar-refractivity contribution in [3.63, 3.8) is 0 Å². The molecule has 3 aromatic heterocycles. The van der Waals surface area contributed by atoms with Crippen LogP contribution >= 0.6 is 34.5 Å². The van der Waals surface area contributed by atoms with Gasteiger partial charge in [-0.3, -0.25) is 4.79 Å². The molecule has 0 radical (unpaired) electrons. The number of aromatic nitrogens is 4. The number of carbonyl (C=O) groups is 2. The number of H-pyrrole nitrogens is 1. The Morgan fingerprint density at radius 3 is 2.54 bits per heavy atom. The van der Waals surface area contributed by atoms with E-state index >= 15 is 0 Å². The largest absolute Gasteiger partial charge is 0.477 e. The Morgan fingerprint density at radius 2 is 1.90 bits per heavy atom. The fourth-order valence-corrected chi connectivity index (χ4v) is 6.79. The third kappa shape index (κ3) is 6.21. The molecule has 2 aliphatic rings. The van der Waals surface area contributed by atoms with Gasteiger partial charge in [0, 0.05) is 64.7 Å². The highest BCUT2D eigenvalue weighted by Gasteiger charge is 2.34. The van der Waals surface area contributed by atoms with Crippen LogP contribution in [-0.2, 0) is 4.74 Å². The Hall–Kier alpha value is -2.77. The summed E-state index contributed by atoms with van der Waals surface area (Å²) < 4.78 is 5.78. The van der Waals surface area contributed by atoms with Crippen LogP contribution in [0.4, 0.5) is 10.9 Å². The molecule has 0 aliphatic carbocycles. The zero-order valence-electron chi connectivity index (χ0n) is 23.2. The number of hydrogen-bond donors (Lipinski definition) is 2. The molecule has 0 unspecified atom stereocenters. The molecular formula is C27H33Cl2N7O4S. The second-order valence-corrected chi connectivity index (χ2v) is 12.0. The number of ketones is 1. The van der Waals surface area contributed by atoms with Crippen molar-refractivity contribution in [3.8, 4) is 11.5 Å². The van der Waals surface area contributed by atoms with Gasteiger partial charge in [-0.25, -0.2) is 19.7 Å². The molecule has 0 spiro atoms. The Balaban J connectivity index is 1.32. The number of aromatic carboxylic acids is 1. The van der Waals surface area contributed by atoms with E-state index in [-0.39, 0.29) is 39.8 Å². The quantitative estimate of drug-likeness (QED) is 0.330. The van der Waals surface area contributed by atoms with Gasteiger partial charge in [0.15, 0.2) is 16.7 Å². The second-order valence-electron chi connectivity index (χ2n) is 10.3. The van der Waals surface area contributed by atoms with Crippen molar-refractivity contribution in [1.82, 2.24) is 24.8 Å². The second kappa shape index (κ2) is 12.6. The molecule has 41 heavy (non-hydrogen) atoms. The molecule has 0 aromatic carbocycles. The van der Waals surface area contributed by atoms with Gasteiger partial charge in [0.2, 0.25) is 0 Å². The van der Waals surface area contributed by atoms with Gasteiger partial charge in [0.25, 0.3) is 0 Å². The SMILES string of the molecule is CCN1CCN(c2ccnc(-c3nc(N4CC[C@@H](CC(=O)c5[nH]c(C)c(Cl)c5Cl)[C@@H](OC)C4)sc3C(=O)O)n2)CC1. The van der Waals surface area contributed by atoms with Crippen LogP contribution in [0.3, 0.4) is 0 Å². The van der Waals surface area contributed by atoms with Crippen LogP contribution in [-0.4, -0.2) is 101 Å². The van der Waals surface area contributed by atoms with E-state index in [0.29, 0.717) is 46.9 Å². The number of piperazine rings is 1. The van der Waals surface area contributed by atoms with Gasteiger partial charge in [-0.2, -0.15) is 0 Å². The van der Waals surface area contributed by atoms with Gasteiger partial charge in [-0.15, -0.1) is 0 Å². The lowest BCUT2D eigenvalue weighted by Crippen LogP contribution is -2.46. The highest BCUT2D eigenvalue weighted by Crippen LogP contribution is 2.36. The summed E-state index contributed by atoms with van der Waals surface area (Å²) in [6.45, 7) is 9.57. The van der Waals surface area contributed by atoms with Gasteiger partial charge in [-0.05, 0) is 31.9 Å². The third-order valence-corrected chi connectivity index (χ3v) is 9.91. The number of likely N-dealkylation sites (N-methyl/N-ethyl adjacent to an activating group) is 1. The summed E-state index contributed by atoms with van der Waals surface area (Å²) in [4.78, 5) is 48.7. The first-order chi connectivity index (χ1) is 19.7. The monoisotopic (exact) mass is 621 g/mol. The van der Waals surface area contributed by atoms with Crippen molar-refractivity contribution >= 4 is 57.2 Å². The van der Waals surface area contributed by atoms with E-state index in [0.717, 1.165) is 49.9 Å². The lowest BCUT2D eigenvalue weighted by molar-refractivity contribution is 0.0375. The molecule has 2 atom stereocenters. The summed E-state index contributed by atoms with van der Waals surface area (Å²) in [5.41, 5.74) is 1.23. The maximum Gasteiger partial charge on any atom is 0.348 e. The summed E-state index contributed by atoms with van der Waals surface area (Å²) in [5, 5.41) is 11.2. The summed E-state index contributed by atoms with van der Waals surface area (Å²) in [7, 11) is 1.61. The zero-order valence-corrected chi connectivity index (χ0v) is 25.5. The maximum atomic E-state index is 13.0. The first-order valence-electron chi connectivity index (χ1n) is 13.6. The van der Waals surface area contributed by atoms with E-state index in [1.807, 2.05) is 11.0 Å². The molecule has 5 rings (SSSR count). The molecule has 14 heteroatoms. The lowest BCUT2D eigenvalue weighted by atomic mass is 9.88. The molecule has 3 aromatic rings. The van der Waals surface area contributed by atoms with Crippen LogP contribution < -0.4 is 9.80 Å². The predicted octanol–water partition coefficient (Wildman–Crippen LogP) is 4.50. The predicted molar refractivity (Wildman–Crippen MR) is 160 cm³/mol. The van der Waals surface area contributed by atoms with Crippen molar-refractivity contribution in [1.29, 1.82) is 0 Å². The van der Waals surface area contributed by atoms with E-state index in [1.54, 1.807) is 20.2 Å². The topological polar surface area (TPSA) is 128 Å². The summed E-state index contributed by atoms with van der Waals surface area (Å²) >= 11 is 13.5. The Bertz CT molecular complexity index is 1420. The fourth-order valence-electron chi connectivity index (χ4n) is 5.42. The molecule has 0 amide bonds. The molecule has 2 N–H and O–H groups in total. The van der Waals surface area contributed by atoms with Crippen LogP contribution in [0.2, 0.25) is 10.0 Å². The van der Waals surface area contributed by atoms with Crippen molar-refractivity contribution in [2.24, 2.45) is 5.92 Å². The first-order valence-corrected chi connectivity index (χ1v) is 15.2. The number of carbonyl (C=O) groups excluding carboxylic acids is 1. The highest BCUT2D eigenvalue weighted by molar-refractivity contribution is 7.17. The number of anilines is 2. The molecule has 0 bridgehead atoms. The summed E-state index contributed by atoms with van der Waals surface area (Å²) in [6.07, 6.45) is 2.30. The number of carboxylic acid groups (broad SMARTS) is 1.